The van der Waals surface area contributed by atoms with Crippen molar-refractivity contribution in [2.75, 3.05) is 6.61 Å². The van der Waals surface area contributed by atoms with E-state index in [1.54, 1.807) is 0 Å². The van der Waals surface area contributed by atoms with Gasteiger partial charge in [0.05, 0.1) is 25.2 Å². The number of aliphatic hydroxyl groups is 2. The number of nitrogens with one attached hydrogen (secondary N) is 1. The predicted octanol–water partition coefficient (Wildman–Crippen LogP) is 16.5. The van der Waals surface area contributed by atoms with Gasteiger partial charge in [-0.25, -0.2) is 0 Å². The van der Waals surface area contributed by atoms with E-state index in [-0.39, 0.29) is 24.9 Å². The van der Waals surface area contributed by atoms with Gasteiger partial charge < -0.3 is 20.3 Å². The van der Waals surface area contributed by atoms with Gasteiger partial charge in [-0.1, -0.05) is 234 Å². The summed E-state index contributed by atoms with van der Waals surface area (Å²) in [7, 11) is 0. The van der Waals surface area contributed by atoms with E-state index in [2.05, 4.69) is 111 Å². The van der Waals surface area contributed by atoms with E-state index >= 15 is 0 Å². The molecule has 0 fully saturated rings. The highest BCUT2D eigenvalue weighted by atomic mass is 16.5. The monoisotopic (exact) mass is 904 g/mol. The molecule has 0 heterocycles. The number of allylic oxidation sites excluding steroid dienone is 16. The zero-order valence-electron chi connectivity index (χ0n) is 42.3. The van der Waals surface area contributed by atoms with Crippen molar-refractivity contribution >= 4 is 11.9 Å². The van der Waals surface area contributed by atoms with Crippen molar-refractivity contribution in [1.82, 2.24) is 5.32 Å². The Bertz CT molecular complexity index is 1290. The van der Waals surface area contributed by atoms with E-state index in [1.165, 1.54) is 109 Å². The van der Waals surface area contributed by atoms with Gasteiger partial charge in [-0.05, 0) is 89.9 Å². The lowest BCUT2D eigenvalue weighted by atomic mass is 10.0. The molecule has 6 heteroatoms. The van der Waals surface area contributed by atoms with Gasteiger partial charge in [-0.3, -0.25) is 9.59 Å². The van der Waals surface area contributed by atoms with Crippen molar-refractivity contribution in [3.05, 3.63) is 97.2 Å². The molecule has 0 bridgehead atoms. The number of ether oxygens (including phenoxy) is 1. The van der Waals surface area contributed by atoms with Gasteiger partial charge in [0, 0.05) is 6.42 Å². The third kappa shape index (κ3) is 47.1. The van der Waals surface area contributed by atoms with Gasteiger partial charge in [0.25, 0.3) is 0 Å². The normalized spacial score (nSPS) is 14.0. The van der Waals surface area contributed by atoms with Crippen LogP contribution in [0.5, 0.6) is 0 Å². The molecule has 3 N–H and O–H groups in total. The predicted molar refractivity (Wildman–Crippen MR) is 282 cm³/mol. The molecule has 1 amide bonds. The Hall–Kier alpha value is -3.22. The second-order valence-corrected chi connectivity index (χ2v) is 18.0. The van der Waals surface area contributed by atoms with Gasteiger partial charge in [0.1, 0.15) is 6.10 Å². The highest BCUT2D eigenvalue weighted by molar-refractivity contribution is 5.77. The van der Waals surface area contributed by atoms with Crippen molar-refractivity contribution in [1.29, 1.82) is 0 Å². The number of rotatable bonds is 47. The molecule has 0 rings (SSSR count). The maximum Gasteiger partial charge on any atom is 0.306 e. The van der Waals surface area contributed by atoms with E-state index < -0.39 is 18.2 Å². The average Bonchev–Trinajstić information content (AvgIpc) is 3.30. The Morgan fingerprint density at radius 3 is 1.35 bits per heavy atom. The van der Waals surface area contributed by atoms with Crippen LogP contribution in [0.2, 0.25) is 0 Å². The smallest absolute Gasteiger partial charge is 0.306 e. The molecular formula is C59H101NO5. The molecule has 0 saturated carbocycles. The Kier molecular flexibility index (Phi) is 49.2. The molecule has 0 saturated heterocycles. The second-order valence-electron chi connectivity index (χ2n) is 18.0. The second kappa shape index (κ2) is 51.8. The van der Waals surface area contributed by atoms with Crippen molar-refractivity contribution in [3.8, 4) is 0 Å². The number of hydrogen-bond acceptors (Lipinski definition) is 5. The molecular weight excluding hydrogens is 803 g/mol. The third-order valence-electron chi connectivity index (χ3n) is 11.7. The Labute approximate surface area is 401 Å². The first kappa shape index (κ1) is 61.8. The number of aliphatic hydroxyl groups excluding tert-OH is 2. The van der Waals surface area contributed by atoms with Crippen LogP contribution in [0.4, 0.5) is 0 Å². The first-order valence-corrected chi connectivity index (χ1v) is 27.0. The first-order chi connectivity index (χ1) is 32.0. The third-order valence-corrected chi connectivity index (χ3v) is 11.7. The maximum absolute atomic E-state index is 13.2. The van der Waals surface area contributed by atoms with Crippen molar-refractivity contribution in [2.24, 2.45) is 0 Å². The topological polar surface area (TPSA) is 95.9 Å². The molecule has 3 unspecified atom stereocenters. The van der Waals surface area contributed by atoms with Crippen LogP contribution in [-0.2, 0) is 14.3 Å². The lowest BCUT2D eigenvalue weighted by Gasteiger charge is -2.24. The van der Waals surface area contributed by atoms with Crippen LogP contribution in [0.1, 0.15) is 239 Å². The minimum Gasteiger partial charge on any atom is -0.462 e. The summed E-state index contributed by atoms with van der Waals surface area (Å²) in [5.41, 5.74) is 0. The van der Waals surface area contributed by atoms with E-state index in [1.807, 2.05) is 12.2 Å². The van der Waals surface area contributed by atoms with E-state index in [0.717, 1.165) is 77.0 Å². The fourth-order valence-electron chi connectivity index (χ4n) is 7.61. The molecule has 65 heavy (non-hydrogen) atoms. The van der Waals surface area contributed by atoms with Crippen LogP contribution in [0.25, 0.3) is 0 Å². The van der Waals surface area contributed by atoms with Crippen molar-refractivity contribution in [3.63, 3.8) is 0 Å². The summed E-state index contributed by atoms with van der Waals surface area (Å²) in [5.74, 6) is -0.585. The van der Waals surface area contributed by atoms with Crippen LogP contribution < -0.4 is 5.32 Å². The van der Waals surface area contributed by atoms with Gasteiger partial charge in [-0.15, -0.1) is 0 Å². The minimum atomic E-state index is -0.813. The lowest BCUT2D eigenvalue weighted by Crippen LogP contribution is -2.46. The molecule has 0 spiro atoms. The number of unbranched alkanes of at least 4 members (excludes halogenated alkanes) is 22. The van der Waals surface area contributed by atoms with Crippen LogP contribution in [-0.4, -0.2) is 46.9 Å². The van der Waals surface area contributed by atoms with Crippen LogP contribution in [0, 0.1) is 0 Å². The number of carbonyl (C=O) groups is 2. The molecule has 6 nitrogen and oxygen atoms in total. The fourth-order valence-corrected chi connectivity index (χ4v) is 7.61. The highest BCUT2D eigenvalue weighted by Crippen LogP contribution is 2.17. The largest absolute Gasteiger partial charge is 0.462 e. The van der Waals surface area contributed by atoms with Crippen LogP contribution in [0.3, 0.4) is 0 Å². The highest BCUT2D eigenvalue weighted by Gasteiger charge is 2.24. The quantitative estimate of drug-likeness (QED) is 0.0245. The standard InChI is InChI=1S/C59H101NO5/c1-4-7-10-13-16-19-22-25-27-29-31-34-37-40-43-46-49-52-59(64)65-55(50-47-44-41-38-35-33-30-28-26-23-20-17-14-11-8-5-2)53-58(63)60-56(54-61)57(62)51-48-45-42-39-36-32-24-21-18-15-12-9-6-3/h16-17,19-20,23,25-28,30-31,33-35,40,43,55-57,61-62H,4-15,18,21-22,24,29,32,36-39,41-42,44-54H2,1-3H3,(H,60,63)/b19-16-,20-17+,26-23+,27-25-,30-28+,34-31-,35-33+,43-40-. The molecule has 0 aromatic heterocycles. The summed E-state index contributed by atoms with van der Waals surface area (Å²) in [5, 5.41) is 23.8. The van der Waals surface area contributed by atoms with Crippen molar-refractivity contribution < 1.29 is 24.5 Å². The minimum absolute atomic E-state index is 0.0248. The zero-order chi connectivity index (χ0) is 47.4. The summed E-state index contributed by atoms with van der Waals surface area (Å²) >= 11 is 0. The summed E-state index contributed by atoms with van der Waals surface area (Å²) < 4.78 is 5.90. The van der Waals surface area contributed by atoms with Crippen molar-refractivity contribution in [2.45, 2.75) is 257 Å². The summed E-state index contributed by atoms with van der Waals surface area (Å²) in [6, 6.07) is -0.732. The fraction of sp³-hybridized carbons (Fsp3) is 0.695. The summed E-state index contributed by atoms with van der Waals surface area (Å²) in [6.07, 6.45) is 68.9. The molecule has 0 aliphatic heterocycles. The lowest BCUT2D eigenvalue weighted by molar-refractivity contribution is -0.151. The van der Waals surface area contributed by atoms with Crippen LogP contribution in [0.15, 0.2) is 97.2 Å². The van der Waals surface area contributed by atoms with E-state index in [9.17, 15) is 19.8 Å². The molecule has 0 aromatic carbocycles. The van der Waals surface area contributed by atoms with Gasteiger partial charge in [0.15, 0.2) is 0 Å². The number of carbonyl (C=O) groups excluding carboxylic acids is 2. The van der Waals surface area contributed by atoms with Gasteiger partial charge in [-0.2, -0.15) is 0 Å². The molecule has 0 aliphatic rings. The van der Waals surface area contributed by atoms with Gasteiger partial charge in [0.2, 0.25) is 5.91 Å². The maximum atomic E-state index is 13.2. The molecule has 0 aromatic rings. The number of amides is 1. The first-order valence-electron chi connectivity index (χ1n) is 27.0. The molecule has 0 aliphatic carbocycles. The number of hydrogen-bond donors (Lipinski definition) is 3. The van der Waals surface area contributed by atoms with Crippen LogP contribution >= 0.6 is 0 Å². The Morgan fingerprint density at radius 2 is 0.846 bits per heavy atom. The molecule has 372 valence electrons. The Morgan fingerprint density at radius 1 is 0.462 bits per heavy atom. The number of esters is 1. The molecule has 3 atom stereocenters. The average molecular weight is 904 g/mol. The summed E-state index contributed by atoms with van der Waals surface area (Å²) in [4.78, 5) is 26.2. The SMILES string of the molecule is CCCCC/C=C\C/C=C\C/C=C\C/C=C\CCCC(=O)OC(CCCCC/C=C/C=C/C=C/C=C/CCCCC)CC(=O)NC(CO)C(O)CCCCCCCCCCCCCCC. The summed E-state index contributed by atoms with van der Waals surface area (Å²) in [6.45, 7) is 6.39. The van der Waals surface area contributed by atoms with E-state index in [4.69, 9.17) is 4.74 Å². The van der Waals surface area contributed by atoms with E-state index in [0.29, 0.717) is 25.7 Å². The Balaban J connectivity index is 4.78. The zero-order valence-corrected chi connectivity index (χ0v) is 42.3. The van der Waals surface area contributed by atoms with Gasteiger partial charge >= 0.3 is 5.97 Å². The molecule has 0 radical (unpaired) electrons.